The summed E-state index contributed by atoms with van der Waals surface area (Å²) >= 11 is 0. The standard InChI is InChI=1S/C41H52N8O7/c1-6-10-30(47-39(51)35(25(2)3)49-41(53)55-5)36-42-23-33(44-36)28-16-12-26(13-17-28)27-14-18-29(19-15-27)34-24-43-37(45-34)31-20-22-56-21-9-7-8-11-32(38(50)46-31)48-40(52)54-4/h6,12-19,23-25,30-32,35H,1,7-11,20-22H2,2-5H3,(H,42,44)(H,43,45)(H,46,50)(H,47,51)(H,48,52)(H,49,53)/t30-,31-,32-,35+/m0/s1. The SMILES string of the molecule is C=CC[C@H](NC(=O)[C@H](NC(=O)OC)C(C)C)c1ncc(-c2ccc(-c3ccc(-c4cnc([C@@H]5CCOCCCCC[C@H](NC(=O)OC)C(=O)N5)[nH]4)cc3)cc2)[nH]1. The molecule has 6 N–H and O–H groups in total. The number of aromatic nitrogens is 4. The van der Waals surface area contributed by atoms with Gasteiger partial charge in [-0.05, 0) is 53.9 Å². The van der Waals surface area contributed by atoms with E-state index in [1.165, 1.54) is 14.2 Å². The van der Waals surface area contributed by atoms with Crippen molar-refractivity contribution in [3.8, 4) is 33.6 Å². The third-order valence-corrected chi connectivity index (χ3v) is 9.65. The third-order valence-electron chi connectivity index (χ3n) is 9.65. The summed E-state index contributed by atoms with van der Waals surface area (Å²) < 4.78 is 15.3. The number of carbonyl (C=O) groups is 4. The molecule has 4 aromatic rings. The molecule has 4 atom stereocenters. The second kappa shape index (κ2) is 20.1. The van der Waals surface area contributed by atoms with Crippen molar-refractivity contribution in [2.45, 2.75) is 76.5 Å². The Morgan fingerprint density at radius 2 is 1.46 bits per heavy atom. The average molecular weight is 769 g/mol. The number of carbonyl (C=O) groups excluding carboxylic acids is 4. The molecule has 5 rings (SSSR count). The van der Waals surface area contributed by atoms with Crippen LogP contribution < -0.4 is 21.3 Å². The molecule has 3 heterocycles. The lowest BCUT2D eigenvalue weighted by atomic mass is 10.0. The Kier molecular flexibility index (Phi) is 14.8. The van der Waals surface area contributed by atoms with Crippen molar-refractivity contribution < 1.29 is 33.4 Å². The number of aromatic amines is 2. The van der Waals surface area contributed by atoms with Gasteiger partial charge in [-0.15, -0.1) is 6.58 Å². The van der Waals surface area contributed by atoms with Gasteiger partial charge in [0.1, 0.15) is 23.7 Å². The van der Waals surface area contributed by atoms with Crippen LogP contribution >= 0.6 is 0 Å². The average Bonchev–Trinajstić information content (AvgIpc) is 3.90. The number of alkyl carbamates (subject to hydrolysis) is 2. The van der Waals surface area contributed by atoms with Crippen molar-refractivity contribution >= 4 is 24.0 Å². The van der Waals surface area contributed by atoms with E-state index >= 15 is 0 Å². The molecular weight excluding hydrogens is 716 g/mol. The third kappa shape index (κ3) is 11.1. The number of nitrogens with zero attached hydrogens (tertiary/aromatic N) is 2. The Labute approximate surface area is 326 Å². The smallest absolute Gasteiger partial charge is 0.407 e. The first-order valence-corrected chi connectivity index (χ1v) is 18.9. The lowest BCUT2D eigenvalue weighted by Gasteiger charge is -2.24. The first kappa shape index (κ1) is 41.2. The second-order valence-corrected chi connectivity index (χ2v) is 14.0. The van der Waals surface area contributed by atoms with Crippen molar-refractivity contribution in [3.63, 3.8) is 0 Å². The highest BCUT2D eigenvalue weighted by molar-refractivity contribution is 5.86. The maximum absolute atomic E-state index is 13.3. The van der Waals surface area contributed by atoms with Gasteiger partial charge in [-0.2, -0.15) is 0 Å². The summed E-state index contributed by atoms with van der Waals surface area (Å²) in [6.07, 6.45) is 7.84. The van der Waals surface area contributed by atoms with E-state index in [1.54, 1.807) is 18.5 Å². The highest BCUT2D eigenvalue weighted by Gasteiger charge is 2.28. The number of hydrogen-bond acceptors (Lipinski definition) is 9. The van der Waals surface area contributed by atoms with Crippen molar-refractivity contribution in [3.05, 3.63) is 85.2 Å². The molecule has 0 aliphatic carbocycles. The number of amides is 4. The first-order chi connectivity index (χ1) is 27.1. The van der Waals surface area contributed by atoms with E-state index in [-0.39, 0.29) is 17.7 Å². The van der Waals surface area contributed by atoms with Gasteiger partial charge >= 0.3 is 12.2 Å². The minimum atomic E-state index is -0.783. The lowest BCUT2D eigenvalue weighted by molar-refractivity contribution is -0.125. The number of rotatable bonds is 12. The quantitative estimate of drug-likeness (QED) is 0.0920. The minimum Gasteiger partial charge on any atom is -0.453 e. The van der Waals surface area contributed by atoms with Crippen LogP contribution in [0.1, 0.15) is 76.1 Å². The molecule has 1 fully saturated rings. The number of methoxy groups -OCH3 is 2. The minimum absolute atomic E-state index is 0.168. The van der Waals surface area contributed by atoms with Crippen LogP contribution in [0.15, 0.2) is 73.6 Å². The van der Waals surface area contributed by atoms with E-state index in [0.29, 0.717) is 44.1 Å². The zero-order valence-corrected chi connectivity index (χ0v) is 32.4. The van der Waals surface area contributed by atoms with Crippen LogP contribution in [0.3, 0.4) is 0 Å². The zero-order valence-electron chi connectivity index (χ0n) is 32.4. The Balaban J connectivity index is 1.25. The fourth-order valence-corrected chi connectivity index (χ4v) is 6.45. The Morgan fingerprint density at radius 1 is 0.839 bits per heavy atom. The highest BCUT2D eigenvalue weighted by atomic mass is 16.5. The number of hydrogen-bond donors (Lipinski definition) is 6. The van der Waals surface area contributed by atoms with E-state index in [2.05, 4.69) is 52.5 Å². The van der Waals surface area contributed by atoms with E-state index < -0.39 is 36.4 Å². The number of H-pyrrole nitrogens is 2. The number of imidazole rings is 2. The van der Waals surface area contributed by atoms with Crippen LogP contribution in [0, 0.1) is 5.92 Å². The van der Waals surface area contributed by atoms with Crippen molar-refractivity contribution in [2.24, 2.45) is 5.92 Å². The highest BCUT2D eigenvalue weighted by Crippen LogP contribution is 2.28. The summed E-state index contributed by atoms with van der Waals surface area (Å²) in [5.74, 6) is 0.351. The lowest BCUT2D eigenvalue weighted by Crippen LogP contribution is -2.50. The van der Waals surface area contributed by atoms with Gasteiger partial charge in [0.15, 0.2) is 0 Å². The molecule has 15 heteroatoms. The fourth-order valence-electron chi connectivity index (χ4n) is 6.45. The predicted octanol–water partition coefficient (Wildman–Crippen LogP) is 6.11. The molecule has 2 aromatic heterocycles. The molecule has 0 unspecified atom stereocenters. The molecule has 56 heavy (non-hydrogen) atoms. The second-order valence-electron chi connectivity index (χ2n) is 14.0. The summed E-state index contributed by atoms with van der Waals surface area (Å²) in [6, 6.07) is 13.8. The Morgan fingerprint density at radius 3 is 2.09 bits per heavy atom. The monoisotopic (exact) mass is 768 g/mol. The molecule has 0 radical (unpaired) electrons. The van der Waals surface area contributed by atoms with Crippen LogP contribution in [0.4, 0.5) is 9.59 Å². The van der Waals surface area contributed by atoms with Gasteiger partial charge in [0.2, 0.25) is 11.8 Å². The van der Waals surface area contributed by atoms with Gasteiger partial charge in [-0.25, -0.2) is 19.6 Å². The molecule has 2 aromatic carbocycles. The van der Waals surface area contributed by atoms with Gasteiger partial charge in [0, 0.05) is 13.2 Å². The molecule has 1 saturated heterocycles. The van der Waals surface area contributed by atoms with Crippen LogP contribution in [-0.2, 0) is 23.8 Å². The van der Waals surface area contributed by atoms with Gasteiger partial charge in [0.05, 0.1) is 50.1 Å². The molecule has 1 aliphatic heterocycles. The zero-order chi connectivity index (χ0) is 40.0. The molecule has 0 saturated carbocycles. The predicted molar refractivity (Wildman–Crippen MR) is 211 cm³/mol. The molecule has 4 amide bonds. The van der Waals surface area contributed by atoms with E-state index in [1.807, 2.05) is 62.4 Å². The maximum Gasteiger partial charge on any atom is 0.407 e. The first-order valence-electron chi connectivity index (χ1n) is 18.9. The Bertz CT molecular complexity index is 1920. The van der Waals surface area contributed by atoms with Crippen molar-refractivity contribution in [2.75, 3.05) is 27.4 Å². The van der Waals surface area contributed by atoms with E-state index in [9.17, 15) is 19.2 Å². The fraction of sp³-hybridized carbons (Fsp3) is 0.415. The van der Waals surface area contributed by atoms with Gasteiger partial charge in [-0.1, -0.05) is 81.3 Å². The molecule has 15 nitrogen and oxygen atoms in total. The maximum atomic E-state index is 13.3. The summed E-state index contributed by atoms with van der Waals surface area (Å²) in [5.41, 5.74) is 5.47. The molecule has 1 aliphatic rings. The molecule has 298 valence electrons. The summed E-state index contributed by atoms with van der Waals surface area (Å²) in [7, 11) is 2.53. The van der Waals surface area contributed by atoms with Crippen LogP contribution in [0.25, 0.3) is 33.6 Å². The van der Waals surface area contributed by atoms with Gasteiger partial charge in [0.25, 0.3) is 0 Å². The van der Waals surface area contributed by atoms with Crippen LogP contribution in [0.2, 0.25) is 0 Å². The van der Waals surface area contributed by atoms with Gasteiger partial charge in [-0.3, -0.25) is 9.59 Å². The van der Waals surface area contributed by atoms with Gasteiger partial charge < -0.3 is 45.4 Å². The summed E-state index contributed by atoms with van der Waals surface area (Å²) in [5, 5.41) is 11.3. The summed E-state index contributed by atoms with van der Waals surface area (Å²) in [4.78, 5) is 66.1. The van der Waals surface area contributed by atoms with Crippen LogP contribution in [0.5, 0.6) is 0 Å². The Hall–Kier alpha value is -5.96. The largest absolute Gasteiger partial charge is 0.453 e. The molecular formula is C41H52N8O7. The van der Waals surface area contributed by atoms with Crippen molar-refractivity contribution in [1.82, 2.24) is 41.2 Å². The van der Waals surface area contributed by atoms with E-state index in [0.717, 1.165) is 52.9 Å². The van der Waals surface area contributed by atoms with Crippen LogP contribution in [-0.4, -0.2) is 83.5 Å². The molecule has 0 spiro atoms. The molecule has 0 bridgehead atoms. The normalized spacial score (nSPS) is 17.6. The van der Waals surface area contributed by atoms with Crippen molar-refractivity contribution in [1.29, 1.82) is 0 Å². The topological polar surface area (TPSA) is 201 Å². The van der Waals surface area contributed by atoms with E-state index in [4.69, 9.17) is 9.47 Å². The summed E-state index contributed by atoms with van der Waals surface area (Å²) in [6.45, 7) is 8.60. The number of nitrogens with one attached hydrogen (secondary N) is 6. The number of ether oxygens (including phenoxy) is 3. The number of benzene rings is 2.